The van der Waals surface area contributed by atoms with Crippen LogP contribution in [0.1, 0.15) is 33.6 Å². The average Bonchev–Trinajstić information content (AvgIpc) is 1.89. The second-order valence-corrected chi connectivity index (χ2v) is 4.09. The van der Waals surface area contributed by atoms with E-state index < -0.39 is 0 Å². The third kappa shape index (κ3) is 1.51. The van der Waals surface area contributed by atoms with Gasteiger partial charge >= 0.3 is 0 Å². The molecule has 0 aromatic heterocycles. The summed E-state index contributed by atoms with van der Waals surface area (Å²) in [6, 6.07) is 0. The first-order chi connectivity index (χ1) is 4.65. The molecule has 0 bridgehead atoms. The van der Waals surface area contributed by atoms with Gasteiger partial charge in [-0.15, -0.1) is 0 Å². The Morgan fingerprint density at radius 2 is 2.10 bits per heavy atom. The summed E-state index contributed by atoms with van der Waals surface area (Å²) in [4.78, 5) is 0. The Balaban J connectivity index is 2.48. The van der Waals surface area contributed by atoms with Gasteiger partial charge in [0.05, 0.1) is 0 Å². The molecule has 1 atom stereocenters. The molecule has 0 aromatic carbocycles. The van der Waals surface area contributed by atoms with Crippen LogP contribution in [0.3, 0.4) is 0 Å². The zero-order valence-corrected chi connectivity index (χ0v) is 7.41. The van der Waals surface area contributed by atoms with E-state index in [4.69, 9.17) is 0 Å². The van der Waals surface area contributed by atoms with E-state index in [0.29, 0.717) is 5.41 Å². The van der Waals surface area contributed by atoms with Crippen LogP contribution in [0.15, 0.2) is 0 Å². The normalized spacial score (nSPS) is 34.8. The van der Waals surface area contributed by atoms with Crippen molar-refractivity contribution < 1.29 is 0 Å². The molecule has 0 aromatic rings. The third-order valence-corrected chi connectivity index (χ3v) is 3.02. The molecule has 0 spiro atoms. The topological polar surface area (TPSA) is 12.0 Å². The fourth-order valence-corrected chi connectivity index (χ4v) is 1.57. The summed E-state index contributed by atoms with van der Waals surface area (Å²) in [6.07, 6.45) is 2.76. The van der Waals surface area contributed by atoms with Crippen LogP contribution in [0, 0.1) is 11.3 Å². The molecule has 0 unspecified atom stereocenters. The van der Waals surface area contributed by atoms with Crippen molar-refractivity contribution in [3.05, 3.63) is 0 Å². The standard InChI is InChI=1S/C9H19N/c1-8(2)9(3)5-4-6-10-7-9/h8,10H,4-7H2,1-3H3/t9-/m1/s1. The quantitative estimate of drug-likeness (QED) is 0.589. The second-order valence-electron chi connectivity index (χ2n) is 4.09. The van der Waals surface area contributed by atoms with E-state index in [2.05, 4.69) is 26.1 Å². The molecule has 1 fully saturated rings. The Hall–Kier alpha value is -0.0400. The molecule has 1 aliphatic heterocycles. The van der Waals surface area contributed by atoms with Crippen molar-refractivity contribution in [3.8, 4) is 0 Å². The lowest BCUT2D eigenvalue weighted by Crippen LogP contribution is -2.41. The molecule has 1 nitrogen and oxygen atoms in total. The summed E-state index contributed by atoms with van der Waals surface area (Å²) in [5.74, 6) is 0.820. The third-order valence-electron chi connectivity index (χ3n) is 3.02. The van der Waals surface area contributed by atoms with E-state index in [1.165, 1.54) is 25.9 Å². The molecule has 1 heteroatoms. The van der Waals surface area contributed by atoms with E-state index in [-0.39, 0.29) is 0 Å². The number of hydrogen-bond acceptors (Lipinski definition) is 1. The lowest BCUT2D eigenvalue weighted by atomic mass is 9.74. The number of rotatable bonds is 1. The molecular formula is C9H19N. The Kier molecular flexibility index (Phi) is 2.35. The Labute approximate surface area is 64.2 Å². The molecule has 1 rings (SSSR count). The molecule has 1 N–H and O–H groups in total. The van der Waals surface area contributed by atoms with E-state index in [0.717, 1.165) is 5.92 Å². The molecule has 1 heterocycles. The summed E-state index contributed by atoms with van der Waals surface area (Å²) in [5.41, 5.74) is 0.568. The van der Waals surface area contributed by atoms with E-state index >= 15 is 0 Å². The van der Waals surface area contributed by atoms with Crippen LogP contribution >= 0.6 is 0 Å². The van der Waals surface area contributed by atoms with E-state index in [9.17, 15) is 0 Å². The number of nitrogens with one attached hydrogen (secondary N) is 1. The van der Waals surface area contributed by atoms with Crippen molar-refractivity contribution >= 4 is 0 Å². The molecule has 1 aliphatic rings. The first kappa shape index (κ1) is 8.06. The molecular weight excluding hydrogens is 122 g/mol. The van der Waals surface area contributed by atoms with Crippen LogP contribution in [0.4, 0.5) is 0 Å². The maximum Gasteiger partial charge on any atom is 0.000762 e. The van der Waals surface area contributed by atoms with E-state index in [1.54, 1.807) is 0 Å². The SMILES string of the molecule is CC(C)[C@]1(C)CCCNC1. The zero-order valence-electron chi connectivity index (χ0n) is 7.41. The summed E-state index contributed by atoms with van der Waals surface area (Å²) in [7, 11) is 0. The fraction of sp³-hybridized carbons (Fsp3) is 1.00. The van der Waals surface area contributed by atoms with Crippen molar-refractivity contribution in [1.82, 2.24) is 5.32 Å². The predicted octanol–water partition coefficient (Wildman–Crippen LogP) is 2.03. The largest absolute Gasteiger partial charge is 0.316 e. The first-order valence-corrected chi connectivity index (χ1v) is 4.36. The van der Waals surface area contributed by atoms with Crippen LogP contribution in [-0.4, -0.2) is 13.1 Å². The Morgan fingerprint density at radius 1 is 1.40 bits per heavy atom. The van der Waals surface area contributed by atoms with Crippen LogP contribution in [0.5, 0.6) is 0 Å². The number of piperidine rings is 1. The average molecular weight is 141 g/mol. The van der Waals surface area contributed by atoms with Crippen molar-refractivity contribution in [1.29, 1.82) is 0 Å². The highest BCUT2D eigenvalue weighted by molar-refractivity contribution is 4.83. The van der Waals surface area contributed by atoms with Gasteiger partial charge in [0.2, 0.25) is 0 Å². The highest BCUT2D eigenvalue weighted by Gasteiger charge is 2.29. The van der Waals surface area contributed by atoms with Gasteiger partial charge in [0.25, 0.3) is 0 Å². The first-order valence-electron chi connectivity index (χ1n) is 4.36. The summed E-state index contributed by atoms with van der Waals surface area (Å²) < 4.78 is 0. The minimum atomic E-state index is 0.568. The molecule has 0 saturated carbocycles. The lowest BCUT2D eigenvalue weighted by molar-refractivity contribution is 0.161. The number of hydrogen-bond donors (Lipinski definition) is 1. The molecule has 10 heavy (non-hydrogen) atoms. The van der Waals surface area contributed by atoms with Crippen molar-refractivity contribution in [2.75, 3.05) is 13.1 Å². The van der Waals surface area contributed by atoms with Gasteiger partial charge < -0.3 is 5.32 Å². The molecule has 60 valence electrons. The molecule has 0 aliphatic carbocycles. The van der Waals surface area contributed by atoms with Crippen molar-refractivity contribution in [3.63, 3.8) is 0 Å². The maximum absolute atomic E-state index is 3.46. The van der Waals surface area contributed by atoms with Gasteiger partial charge in [-0.3, -0.25) is 0 Å². The van der Waals surface area contributed by atoms with Crippen molar-refractivity contribution in [2.24, 2.45) is 11.3 Å². The van der Waals surface area contributed by atoms with Crippen LogP contribution in [0.2, 0.25) is 0 Å². The van der Waals surface area contributed by atoms with Gasteiger partial charge in [-0.1, -0.05) is 20.8 Å². The van der Waals surface area contributed by atoms with Crippen molar-refractivity contribution in [2.45, 2.75) is 33.6 Å². The lowest BCUT2D eigenvalue weighted by Gasteiger charge is -2.37. The van der Waals surface area contributed by atoms with E-state index in [1.807, 2.05) is 0 Å². The van der Waals surface area contributed by atoms with Gasteiger partial charge in [-0.25, -0.2) is 0 Å². The zero-order chi connectivity index (χ0) is 7.61. The van der Waals surface area contributed by atoms with Crippen LogP contribution < -0.4 is 5.32 Å². The van der Waals surface area contributed by atoms with Gasteiger partial charge in [0.15, 0.2) is 0 Å². The molecule has 0 radical (unpaired) electrons. The Morgan fingerprint density at radius 3 is 2.40 bits per heavy atom. The fourth-order valence-electron chi connectivity index (χ4n) is 1.57. The van der Waals surface area contributed by atoms with Gasteiger partial charge in [0.1, 0.15) is 0 Å². The molecule has 0 amide bonds. The van der Waals surface area contributed by atoms with Gasteiger partial charge in [0, 0.05) is 6.54 Å². The summed E-state index contributed by atoms with van der Waals surface area (Å²) in [5, 5.41) is 3.46. The minimum absolute atomic E-state index is 0.568. The van der Waals surface area contributed by atoms with Crippen LogP contribution in [0.25, 0.3) is 0 Å². The van der Waals surface area contributed by atoms with Crippen LogP contribution in [-0.2, 0) is 0 Å². The maximum atomic E-state index is 3.46. The molecule has 1 saturated heterocycles. The summed E-state index contributed by atoms with van der Waals surface area (Å²) in [6.45, 7) is 9.48. The predicted molar refractivity (Wildman–Crippen MR) is 45.0 cm³/mol. The minimum Gasteiger partial charge on any atom is -0.316 e. The monoisotopic (exact) mass is 141 g/mol. The van der Waals surface area contributed by atoms with Gasteiger partial charge in [-0.2, -0.15) is 0 Å². The smallest absolute Gasteiger partial charge is 0.000762 e. The van der Waals surface area contributed by atoms with Gasteiger partial charge in [-0.05, 0) is 30.7 Å². The Bertz CT molecular complexity index is 101. The highest BCUT2D eigenvalue weighted by atomic mass is 14.9. The summed E-state index contributed by atoms with van der Waals surface area (Å²) >= 11 is 0. The highest BCUT2D eigenvalue weighted by Crippen LogP contribution is 2.33. The second kappa shape index (κ2) is 2.91.